The fourth-order valence-electron chi connectivity index (χ4n) is 5.93. The van der Waals surface area contributed by atoms with Gasteiger partial charge in [0.1, 0.15) is 0 Å². The van der Waals surface area contributed by atoms with E-state index < -0.39 is 45.4 Å². The second kappa shape index (κ2) is 9.63. The Labute approximate surface area is 203 Å². The standard InChI is InChI=1S/C25H34F2N2O4S/c1-8-32-21(30)25(29-34(31)23(4,5)6)19-11-18(28-7)10-9-17(19)14-24(25)12-15(2)20(16(3)13-24)33-22(26)27/h9-11,15-16,20,22,29H,8,12-14H2,1-6H3/t15-,16+,20?,24?,25-,34+/m1/s1. The van der Waals surface area contributed by atoms with Crippen LogP contribution in [0.4, 0.5) is 14.5 Å². The maximum Gasteiger partial charge on any atom is 0.345 e. The zero-order valence-electron chi connectivity index (χ0n) is 20.6. The minimum absolute atomic E-state index is 0.126. The van der Waals surface area contributed by atoms with Gasteiger partial charge >= 0.3 is 12.6 Å². The van der Waals surface area contributed by atoms with E-state index in [4.69, 9.17) is 16.0 Å². The van der Waals surface area contributed by atoms with Crippen molar-refractivity contribution in [3.05, 3.63) is 40.7 Å². The number of rotatable bonds is 6. The van der Waals surface area contributed by atoms with Gasteiger partial charge < -0.3 is 9.47 Å². The molecule has 2 aliphatic carbocycles. The molecule has 6 nitrogen and oxygen atoms in total. The van der Waals surface area contributed by atoms with E-state index in [2.05, 4.69) is 9.57 Å². The van der Waals surface area contributed by atoms with Gasteiger partial charge in [-0.25, -0.2) is 18.6 Å². The van der Waals surface area contributed by atoms with Gasteiger partial charge in [-0.3, -0.25) is 0 Å². The molecule has 0 aliphatic heterocycles. The van der Waals surface area contributed by atoms with Crippen LogP contribution in [-0.4, -0.2) is 34.2 Å². The molecule has 0 amide bonds. The molecule has 1 fully saturated rings. The SMILES string of the molecule is [C-]#[N+]c1ccc2c(c1)[C@@](N[S@@](=O)C(C)(C)C)(C(=O)OCC)C1(C2)C[C@@H](C)C(OC(F)F)[C@@H](C)C1. The summed E-state index contributed by atoms with van der Waals surface area (Å²) in [4.78, 5) is 17.4. The van der Waals surface area contributed by atoms with E-state index in [9.17, 15) is 17.8 Å². The predicted octanol–water partition coefficient (Wildman–Crippen LogP) is 5.26. The van der Waals surface area contributed by atoms with Crippen molar-refractivity contribution >= 4 is 22.6 Å². The first-order valence-electron chi connectivity index (χ1n) is 11.6. The lowest BCUT2D eigenvalue weighted by molar-refractivity contribution is -0.210. The van der Waals surface area contributed by atoms with Crippen LogP contribution in [-0.2, 0) is 37.2 Å². The highest BCUT2D eigenvalue weighted by atomic mass is 32.2. The van der Waals surface area contributed by atoms with Crippen molar-refractivity contribution < 1.29 is 27.3 Å². The summed E-state index contributed by atoms with van der Waals surface area (Å²) in [6.07, 6.45) is 0.596. The topological polar surface area (TPSA) is 69.0 Å². The van der Waals surface area contributed by atoms with Gasteiger partial charge in [-0.05, 0) is 69.9 Å². The summed E-state index contributed by atoms with van der Waals surface area (Å²) in [5, 5.41) is 0. The van der Waals surface area contributed by atoms with Gasteiger partial charge in [-0.1, -0.05) is 32.0 Å². The molecule has 0 radical (unpaired) electrons. The van der Waals surface area contributed by atoms with Gasteiger partial charge in [0, 0.05) is 5.41 Å². The number of fused-ring (bicyclic) bond motifs is 1. The van der Waals surface area contributed by atoms with Crippen LogP contribution in [0.3, 0.4) is 0 Å². The monoisotopic (exact) mass is 496 g/mol. The number of hydrogen-bond donors (Lipinski definition) is 1. The summed E-state index contributed by atoms with van der Waals surface area (Å²) in [5.41, 5.74) is -0.459. The number of nitrogens with one attached hydrogen (secondary N) is 1. The van der Waals surface area contributed by atoms with E-state index in [1.54, 1.807) is 19.1 Å². The first-order chi connectivity index (χ1) is 15.8. The third-order valence-electron chi connectivity index (χ3n) is 7.14. The maximum atomic E-state index is 13.9. The predicted molar refractivity (Wildman–Crippen MR) is 127 cm³/mol. The summed E-state index contributed by atoms with van der Waals surface area (Å²) in [6.45, 7) is 15.6. The summed E-state index contributed by atoms with van der Waals surface area (Å²) in [6, 6.07) is 5.22. The minimum Gasteiger partial charge on any atom is -0.464 e. The molecule has 1 spiro atoms. The van der Waals surface area contributed by atoms with Crippen molar-refractivity contribution in [2.75, 3.05) is 6.61 Å². The van der Waals surface area contributed by atoms with Crippen molar-refractivity contribution in [2.45, 2.75) is 83.8 Å². The average molecular weight is 497 g/mol. The van der Waals surface area contributed by atoms with Crippen LogP contribution >= 0.6 is 0 Å². The van der Waals surface area contributed by atoms with E-state index in [-0.39, 0.29) is 18.4 Å². The molecule has 1 N–H and O–H groups in total. The van der Waals surface area contributed by atoms with Crippen molar-refractivity contribution in [3.8, 4) is 0 Å². The molecule has 9 heteroatoms. The molecule has 1 aromatic rings. The molecular weight excluding hydrogens is 462 g/mol. The van der Waals surface area contributed by atoms with Crippen LogP contribution in [0.25, 0.3) is 4.85 Å². The Balaban J connectivity index is 2.24. The van der Waals surface area contributed by atoms with E-state index >= 15 is 0 Å². The van der Waals surface area contributed by atoms with Crippen molar-refractivity contribution in [2.24, 2.45) is 17.3 Å². The normalized spacial score (nSPS) is 31.8. The van der Waals surface area contributed by atoms with Crippen LogP contribution in [0.5, 0.6) is 0 Å². The Bertz CT molecular complexity index is 992. The molecule has 2 unspecified atom stereocenters. The zero-order chi connectivity index (χ0) is 25.5. The Kier molecular flexibility index (Phi) is 7.57. The lowest BCUT2D eigenvalue weighted by Crippen LogP contribution is -2.64. The van der Waals surface area contributed by atoms with Crippen LogP contribution in [0.15, 0.2) is 18.2 Å². The lowest BCUT2D eigenvalue weighted by Gasteiger charge is -2.52. The van der Waals surface area contributed by atoms with Gasteiger partial charge in [0.05, 0.1) is 35.0 Å². The van der Waals surface area contributed by atoms with Crippen LogP contribution in [0.2, 0.25) is 0 Å². The Morgan fingerprint density at radius 3 is 2.41 bits per heavy atom. The molecule has 3 rings (SSSR count). The molecule has 34 heavy (non-hydrogen) atoms. The second-order valence-electron chi connectivity index (χ2n) is 10.6. The summed E-state index contributed by atoms with van der Waals surface area (Å²) < 4.78 is 52.9. The third kappa shape index (κ3) is 4.52. The number of hydrogen-bond acceptors (Lipinski definition) is 4. The first-order valence-corrected chi connectivity index (χ1v) is 12.8. The van der Waals surface area contributed by atoms with Gasteiger partial charge in [-0.15, -0.1) is 0 Å². The van der Waals surface area contributed by atoms with Gasteiger partial charge in [-0.2, -0.15) is 8.78 Å². The molecule has 2 aliphatic rings. The number of carbonyl (C=O) groups is 1. The number of ether oxygens (including phenoxy) is 2. The smallest absolute Gasteiger partial charge is 0.345 e. The largest absolute Gasteiger partial charge is 0.464 e. The molecule has 0 saturated heterocycles. The Morgan fingerprint density at radius 1 is 1.29 bits per heavy atom. The number of halogens is 2. The number of alkyl halides is 2. The third-order valence-corrected chi connectivity index (χ3v) is 8.75. The molecule has 0 aromatic heterocycles. The Hall–Kier alpha value is -1.89. The van der Waals surface area contributed by atoms with E-state index in [0.29, 0.717) is 30.5 Å². The number of carbonyl (C=O) groups excluding carboxylic acids is 1. The first kappa shape index (κ1) is 26.7. The quantitative estimate of drug-likeness (QED) is 0.431. The lowest BCUT2D eigenvalue weighted by atomic mass is 9.56. The number of benzene rings is 1. The van der Waals surface area contributed by atoms with E-state index in [0.717, 1.165) is 5.56 Å². The fraction of sp³-hybridized carbons (Fsp3) is 0.680. The maximum absolute atomic E-state index is 13.9. The van der Waals surface area contributed by atoms with Gasteiger partial charge in [0.2, 0.25) is 0 Å². The molecule has 0 bridgehead atoms. The van der Waals surface area contributed by atoms with E-state index in [1.165, 1.54) is 0 Å². The molecule has 0 heterocycles. The highest BCUT2D eigenvalue weighted by Gasteiger charge is 2.66. The number of nitrogens with zero attached hydrogens (tertiary/aromatic N) is 1. The molecule has 1 saturated carbocycles. The molecule has 1 aromatic carbocycles. The van der Waals surface area contributed by atoms with Crippen LogP contribution in [0, 0.1) is 23.8 Å². The van der Waals surface area contributed by atoms with Crippen molar-refractivity contribution in [1.82, 2.24) is 4.72 Å². The highest BCUT2D eigenvalue weighted by molar-refractivity contribution is 7.84. The second-order valence-corrected chi connectivity index (χ2v) is 12.6. The fourth-order valence-corrected chi connectivity index (χ4v) is 6.92. The van der Waals surface area contributed by atoms with E-state index in [1.807, 2.05) is 40.7 Å². The summed E-state index contributed by atoms with van der Waals surface area (Å²) in [5.74, 6) is -1.13. The van der Waals surface area contributed by atoms with Crippen molar-refractivity contribution in [1.29, 1.82) is 0 Å². The minimum atomic E-state index is -2.88. The zero-order valence-corrected chi connectivity index (χ0v) is 21.4. The Morgan fingerprint density at radius 2 is 1.91 bits per heavy atom. The van der Waals surface area contributed by atoms with Gasteiger partial charge in [0.15, 0.2) is 11.2 Å². The summed E-state index contributed by atoms with van der Waals surface area (Å²) >= 11 is 0. The molecule has 188 valence electrons. The number of esters is 1. The molecule has 6 atom stereocenters. The van der Waals surface area contributed by atoms with Gasteiger partial charge in [0.25, 0.3) is 0 Å². The van der Waals surface area contributed by atoms with Crippen molar-refractivity contribution in [3.63, 3.8) is 0 Å². The molecular formula is C25H34F2N2O4S. The highest BCUT2D eigenvalue weighted by Crippen LogP contribution is 2.61. The summed E-state index contributed by atoms with van der Waals surface area (Å²) in [7, 11) is -1.65. The van der Waals surface area contributed by atoms with Crippen LogP contribution in [0.1, 0.15) is 65.5 Å². The van der Waals surface area contributed by atoms with Crippen LogP contribution < -0.4 is 4.72 Å². The average Bonchev–Trinajstić information content (AvgIpc) is 2.98.